The first-order chi connectivity index (χ1) is 8.83. The van der Waals surface area contributed by atoms with Crippen molar-refractivity contribution >= 4 is 5.95 Å². The van der Waals surface area contributed by atoms with Gasteiger partial charge in [-0.1, -0.05) is 12.8 Å². The quantitative estimate of drug-likeness (QED) is 0.892. The summed E-state index contributed by atoms with van der Waals surface area (Å²) in [6, 6.07) is 1.24. The molecule has 1 N–H and O–H groups in total. The minimum Gasteiger partial charge on any atom is -0.353 e. The zero-order chi connectivity index (χ0) is 12.4. The fourth-order valence-corrected chi connectivity index (χ4v) is 3.34. The van der Waals surface area contributed by atoms with Crippen LogP contribution in [-0.2, 0) is 0 Å². The van der Waals surface area contributed by atoms with Crippen LogP contribution in [0, 0.1) is 0 Å². The molecule has 0 spiro atoms. The number of aromatic nitrogens is 2. The molecule has 1 atom stereocenters. The van der Waals surface area contributed by atoms with Crippen LogP contribution in [0.1, 0.15) is 44.6 Å². The van der Waals surface area contributed by atoms with Crippen molar-refractivity contribution in [2.45, 2.75) is 50.6 Å². The Kier molecular flexibility index (Phi) is 3.55. The standard InChI is InChI=1S/C14H24N4/c1-17-9-4-7-13(11-17)18-10-8-15-14(18)16-12-5-2-3-6-12/h8,10,12-13H,2-7,9,11H2,1H3,(H,15,16). The maximum atomic E-state index is 4.51. The second kappa shape index (κ2) is 5.31. The maximum Gasteiger partial charge on any atom is 0.203 e. The predicted octanol–water partition coefficient (Wildman–Crippen LogP) is 2.50. The summed E-state index contributed by atoms with van der Waals surface area (Å²) in [5.41, 5.74) is 0. The molecule has 1 unspecified atom stereocenters. The lowest BCUT2D eigenvalue weighted by atomic mass is 10.1. The lowest BCUT2D eigenvalue weighted by molar-refractivity contribution is 0.213. The van der Waals surface area contributed by atoms with E-state index in [9.17, 15) is 0 Å². The molecule has 100 valence electrons. The summed E-state index contributed by atoms with van der Waals surface area (Å²) in [7, 11) is 2.22. The van der Waals surface area contributed by atoms with Gasteiger partial charge in [0.2, 0.25) is 5.95 Å². The molecule has 1 aliphatic heterocycles. The molecule has 0 bridgehead atoms. The monoisotopic (exact) mass is 248 g/mol. The smallest absolute Gasteiger partial charge is 0.203 e. The highest BCUT2D eigenvalue weighted by atomic mass is 15.2. The van der Waals surface area contributed by atoms with Crippen LogP contribution < -0.4 is 5.32 Å². The van der Waals surface area contributed by atoms with E-state index in [1.807, 2.05) is 6.20 Å². The number of hydrogen-bond acceptors (Lipinski definition) is 3. The minimum absolute atomic E-state index is 0.593. The van der Waals surface area contributed by atoms with Crippen LogP contribution in [0.25, 0.3) is 0 Å². The molecule has 4 nitrogen and oxygen atoms in total. The second-order valence-corrected chi connectivity index (χ2v) is 5.84. The molecule has 4 heteroatoms. The number of likely N-dealkylation sites (N-methyl/N-ethyl adjacent to an activating group) is 1. The van der Waals surface area contributed by atoms with Crippen molar-refractivity contribution in [1.29, 1.82) is 0 Å². The maximum absolute atomic E-state index is 4.51. The molecule has 2 aliphatic rings. The van der Waals surface area contributed by atoms with Gasteiger partial charge >= 0.3 is 0 Å². The highest BCUT2D eigenvalue weighted by molar-refractivity contribution is 5.29. The Hall–Kier alpha value is -1.03. The van der Waals surface area contributed by atoms with E-state index in [0.717, 1.165) is 12.5 Å². The molecule has 2 fully saturated rings. The molecule has 0 radical (unpaired) electrons. The largest absolute Gasteiger partial charge is 0.353 e. The number of piperidine rings is 1. The SMILES string of the molecule is CN1CCCC(n2ccnc2NC2CCCC2)C1. The average molecular weight is 248 g/mol. The second-order valence-electron chi connectivity index (χ2n) is 5.84. The highest BCUT2D eigenvalue weighted by Gasteiger charge is 2.22. The third-order valence-corrected chi connectivity index (χ3v) is 4.35. The summed E-state index contributed by atoms with van der Waals surface area (Å²) in [6.45, 7) is 2.38. The minimum atomic E-state index is 0.593. The van der Waals surface area contributed by atoms with Gasteiger partial charge in [-0.05, 0) is 39.3 Å². The van der Waals surface area contributed by atoms with Crippen LogP contribution in [-0.4, -0.2) is 40.6 Å². The summed E-state index contributed by atoms with van der Waals surface area (Å²) in [5.74, 6) is 1.09. The highest BCUT2D eigenvalue weighted by Crippen LogP contribution is 2.26. The third kappa shape index (κ3) is 2.53. The molecule has 1 saturated heterocycles. The first-order valence-electron chi connectivity index (χ1n) is 7.31. The van der Waals surface area contributed by atoms with Gasteiger partial charge in [-0.15, -0.1) is 0 Å². The Morgan fingerprint density at radius 1 is 1.22 bits per heavy atom. The number of imidazole rings is 1. The van der Waals surface area contributed by atoms with Gasteiger partial charge in [-0.2, -0.15) is 0 Å². The molecule has 0 aromatic carbocycles. The van der Waals surface area contributed by atoms with E-state index in [2.05, 4.69) is 33.0 Å². The number of nitrogens with one attached hydrogen (secondary N) is 1. The third-order valence-electron chi connectivity index (χ3n) is 4.35. The van der Waals surface area contributed by atoms with Crippen LogP contribution >= 0.6 is 0 Å². The van der Waals surface area contributed by atoms with Crippen molar-refractivity contribution in [1.82, 2.24) is 14.5 Å². The lowest BCUT2D eigenvalue weighted by Crippen LogP contribution is -2.34. The number of hydrogen-bond donors (Lipinski definition) is 1. The predicted molar refractivity (Wildman–Crippen MR) is 73.9 cm³/mol. The molecule has 2 heterocycles. The van der Waals surface area contributed by atoms with E-state index in [-0.39, 0.29) is 0 Å². The molecule has 1 aromatic rings. The topological polar surface area (TPSA) is 33.1 Å². The summed E-state index contributed by atoms with van der Waals surface area (Å²) in [4.78, 5) is 6.94. The van der Waals surface area contributed by atoms with Gasteiger partial charge in [-0.25, -0.2) is 4.98 Å². The first kappa shape index (κ1) is 12.0. The Balaban J connectivity index is 1.69. The van der Waals surface area contributed by atoms with Gasteiger partial charge in [0, 0.05) is 31.0 Å². The lowest BCUT2D eigenvalue weighted by Gasteiger charge is -2.31. The number of likely N-dealkylation sites (tertiary alicyclic amines) is 1. The number of anilines is 1. The van der Waals surface area contributed by atoms with Gasteiger partial charge in [-0.3, -0.25) is 0 Å². The van der Waals surface area contributed by atoms with Gasteiger partial charge < -0.3 is 14.8 Å². The van der Waals surface area contributed by atoms with Crippen molar-refractivity contribution < 1.29 is 0 Å². The Morgan fingerprint density at radius 3 is 2.83 bits per heavy atom. The van der Waals surface area contributed by atoms with E-state index in [1.54, 1.807) is 0 Å². The Labute approximate surface area is 109 Å². The molecule has 1 aromatic heterocycles. The van der Waals surface area contributed by atoms with Crippen LogP contribution in [0.5, 0.6) is 0 Å². The summed E-state index contributed by atoms with van der Waals surface area (Å²) >= 11 is 0. The fraction of sp³-hybridized carbons (Fsp3) is 0.786. The van der Waals surface area contributed by atoms with E-state index < -0.39 is 0 Å². The molecular formula is C14H24N4. The summed E-state index contributed by atoms with van der Waals surface area (Å²) in [5, 5.41) is 3.63. The normalized spacial score (nSPS) is 26.6. The Morgan fingerprint density at radius 2 is 2.06 bits per heavy atom. The van der Waals surface area contributed by atoms with Crippen LogP contribution in [0.3, 0.4) is 0 Å². The van der Waals surface area contributed by atoms with Gasteiger partial charge in [0.15, 0.2) is 0 Å². The molecule has 1 saturated carbocycles. The van der Waals surface area contributed by atoms with Crippen LogP contribution in [0.2, 0.25) is 0 Å². The molecule has 1 aliphatic carbocycles. The number of nitrogens with zero attached hydrogens (tertiary/aromatic N) is 3. The van der Waals surface area contributed by atoms with Crippen molar-refractivity contribution in [2.24, 2.45) is 0 Å². The van der Waals surface area contributed by atoms with E-state index in [4.69, 9.17) is 0 Å². The molecule has 0 amide bonds. The molecule has 3 rings (SSSR count). The summed E-state index contributed by atoms with van der Waals surface area (Å²) < 4.78 is 2.36. The van der Waals surface area contributed by atoms with E-state index in [0.29, 0.717) is 12.1 Å². The van der Waals surface area contributed by atoms with Crippen LogP contribution in [0.15, 0.2) is 12.4 Å². The Bertz CT molecular complexity index is 381. The van der Waals surface area contributed by atoms with Crippen LogP contribution in [0.4, 0.5) is 5.95 Å². The number of rotatable bonds is 3. The van der Waals surface area contributed by atoms with Crippen molar-refractivity contribution in [3.8, 4) is 0 Å². The van der Waals surface area contributed by atoms with Gasteiger partial charge in [0.05, 0.1) is 0 Å². The summed E-state index contributed by atoms with van der Waals surface area (Å²) in [6.07, 6.45) is 12.0. The van der Waals surface area contributed by atoms with Crippen molar-refractivity contribution in [2.75, 3.05) is 25.5 Å². The first-order valence-corrected chi connectivity index (χ1v) is 7.31. The van der Waals surface area contributed by atoms with Crippen molar-refractivity contribution in [3.05, 3.63) is 12.4 Å². The van der Waals surface area contributed by atoms with Gasteiger partial charge in [0.25, 0.3) is 0 Å². The molecular weight excluding hydrogens is 224 g/mol. The molecule has 18 heavy (non-hydrogen) atoms. The zero-order valence-corrected chi connectivity index (χ0v) is 11.3. The fourth-order valence-electron chi connectivity index (χ4n) is 3.34. The average Bonchev–Trinajstić information content (AvgIpc) is 3.01. The van der Waals surface area contributed by atoms with E-state index in [1.165, 1.54) is 45.1 Å². The van der Waals surface area contributed by atoms with Gasteiger partial charge in [0.1, 0.15) is 0 Å². The van der Waals surface area contributed by atoms with Crippen molar-refractivity contribution in [3.63, 3.8) is 0 Å². The zero-order valence-electron chi connectivity index (χ0n) is 11.3. The van der Waals surface area contributed by atoms with E-state index >= 15 is 0 Å².